The molecule has 0 radical (unpaired) electrons. The van der Waals surface area contributed by atoms with E-state index >= 15 is 0 Å². The summed E-state index contributed by atoms with van der Waals surface area (Å²) in [5.74, 6) is -1.50. The van der Waals surface area contributed by atoms with Crippen LogP contribution in [-0.4, -0.2) is 90.3 Å². The molecule has 0 spiro atoms. The maximum Gasteiger partial charge on any atom is 0.419 e. The zero-order valence-electron chi connectivity index (χ0n) is 21.6. The second kappa shape index (κ2) is 12.0. The Kier molecular flexibility index (Phi) is 9.10. The number of halogens is 6. The fourth-order valence-corrected chi connectivity index (χ4v) is 5.62. The molecular weight excluding hydrogens is 559 g/mol. The number of likely N-dealkylation sites (N-methyl/N-ethyl adjacent to an activating group) is 1. The van der Waals surface area contributed by atoms with Gasteiger partial charge < -0.3 is 9.80 Å². The second-order valence-corrected chi connectivity index (χ2v) is 11.0. The normalized spacial score (nSPS) is 20.6. The van der Waals surface area contributed by atoms with Crippen LogP contribution >= 0.6 is 23.2 Å². The summed E-state index contributed by atoms with van der Waals surface area (Å²) >= 11 is 12.4. The molecule has 0 bridgehead atoms. The Morgan fingerprint density at radius 1 is 0.974 bits per heavy atom. The van der Waals surface area contributed by atoms with E-state index in [1.54, 1.807) is 29.0 Å². The van der Waals surface area contributed by atoms with E-state index in [-0.39, 0.29) is 36.9 Å². The lowest BCUT2D eigenvalue weighted by Crippen LogP contribution is -2.51. The van der Waals surface area contributed by atoms with Crippen molar-refractivity contribution in [3.05, 3.63) is 69.0 Å². The summed E-state index contributed by atoms with van der Waals surface area (Å²) < 4.78 is 53.2. The van der Waals surface area contributed by atoms with Gasteiger partial charge in [0, 0.05) is 64.7 Å². The van der Waals surface area contributed by atoms with Gasteiger partial charge in [0.25, 0.3) is 0 Å². The Hall–Kier alpha value is -2.40. The van der Waals surface area contributed by atoms with Gasteiger partial charge in [0.2, 0.25) is 11.8 Å². The van der Waals surface area contributed by atoms with Crippen molar-refractivity contribution >= 4 is 35.0 Å². The average molecular weight is 589 g/mol. The van der Waals surface area contributed by atoms with Crippen LogP contribution in [-0.2, 0) is 22.3 Å². The van der Waals surface area contributed by atoms with E-state index in [4.69, 9.17) is 23.2 Å². The molecule has 0 saturated carbocycles. The molecule has 1 unspecified atom stereocenters. The lowest BCUT2D eigenvalue weighted by molar-refractivity contribution is -0.140. The highest BCUT2D eigenvalue weighted by atomic mass is 35.5. The minimum atomic E-state index is -4.77. The van der Waals surface area contributed by atoms with Crippen molar-refractivity contribution in [1.29, 1.82) is 0 Å². The minimum Gasteiger partial charge on any atom is -0.340 e. The Bertz CT molecular complexity index is 1220. The van der Waals surface area contributed by atoms with Gasteiger partial charge in [0.15, 0.2) is 0 Å². The fraction of sp³-hybridized carbons (Fsp3) is 0.481. The van der Waals surface area contributed by atoms with Crippen molar-refractivity contribution < 1.29 is 27.2 Å². The zero-order chi connectivity index (χ0) is 28.5. The lowest BCUT2D eigenvalue weighted by atomic mass is 9.93. The molecule has 39 heavy (non-hydrogen) atoms. The maximum absolute atomic E-state index is 14.2. The number of hydrogen-bond donors (Lipinski definition) is 0. The van der Waals surface area contributed by atoms with E-state index in [2.05, 4.69) is 0 Å². The molecule has 2 aliphatic rings. The molecule has 0 aromatic heterocycles. The van der Waals surface area contributed by atoms with Gasteiger partial charge in [-0.05, 0) is 42.4 Å². The SMILES string of the molecule is CC(=O)N1CCN(CC(=O)N2CC(N(C)Cc3ccc(C(F)(F)F)c(F)c3)[C@@H](c3ccc(Cl)c(Cl)c3)C2)CC1. The molecule has 2 amide bonds. The highest BCUT2D eigenvalue weighted by Gasteiger charge is 2.39. The molecule has 2 aromatic rings. The Morgan fingerprint density at radius 3 is 2.26 bits per heavy atom. The first kappa shape index (κ1) is 29.6. The summed E-state index contributed by atoms with van der Waals surface area (Å²) in [6.45, 7) is 5.11. The number of amides is 2. The third-order valence-electron chi connectivity index (χ3n) is 7.53. The summed E-state index contributed by atoms with van der Waals surface area (Å²) in [4.78, 5) is 32.4. The second-order valence-electron chi connectivity index (χ2n) is 10.2. The van der Waals surface area contributed by atoms with Crippen LogP contribution < -0.4 is 0 Å². The molecule has 2 fully saturated rings. The van der Waals surface area contributed by atoms with Gasteiger partial charge in [0.05, 0.1) is 22.2 Å². The summed E-state index contributed by atoms with van der Waals surface area (Å²) in [5.41, 5.74) is -0.0291. The van der Waals surface area contributed by atoms with E-state index in [0.717, 1.165) is 17.7 Å². The van der Waals surface area contributed by atoms with Crippen LogP contribution in [0.15, 0.2) is 36.4 Å². The predicted molar refractivity (Wildman–Crippen MR) is 141 cm³/mol. The highest BCUT2D eigenvalue weighted by Crippen LogP contribution is 2.36. The van der Waals surface area contributed by atoms with Crippen molar-refractivity contribution in [3.63, 3.8) is 0 Å². The summed E-state index contributed by atoms with van der Waals surface area (Å²) in [5, 5.41) is 0.787. The van der Waals surface area contributed by atoms with Gasteiger partial charge in [-0.15, -0.1) is 0 Å². The number of carbonyl (C=O) groups is 2. The molecule has 0 aliphatic carbocycles. The van der Waals surface area contributed by atoms with Crippen LogP contribution in [0.4, 0.5) is 17.6 Å². The maximum atomic E-state index is 14.2. The van der Waals surface area contributed by atoms with E-state index in [1.165, 1.54) is 13.0 Å². The topological polar surface area (TPSA) is 47.1 Å². The van der Waals surface area contributed by atoms with Crippen molar-refractivity contribution in [3.8, 4) is 0 Å². The highest BCUT2D eigenvalue weighted by molar-refractivity contribution is 6.42. The number of carbonyl (C=O) groups excluding carboxylic acids is 2. The molecule has 2 saturated heterocycles. The quantitative estimate of drug-likeness (QED) is 0.457. The molecule has 4 rings (SSSR count). The largest absolute Gasteiger partial charge is 0.419 e. The van der Waals surface area contributed by atoms with Gasteiger partial charge in [-0.25, -0.2) is 4.39 Å². The van der Waals surface area contributed by atoms with E-state index in [9.17, 15) is 27.2 Å². The Labute approximate surface area is 235 Å². The molecule has 12 heteroatoms. The third-order valence-corrected chi connectivity index (χ3v) is 8.27. The van der Waals surface area contributed by atoms with Crippen LogP contribution in [0.25, 0.3) is 0 Å². The van der Waals surface area contributed by atoms with Gasteiger partial charge in [-0.2, -0.15) is 13.2 Å². The van der Waals surface area contributed by atoms with E-state index in [1.807, 2.05) is 15.9 Å². The van der Waals surface area contributed by atoms with Crippen LogP contribution in [0, 0.1) is 5.82 Å². The first-order chi connectivity index (χ1) is 18.3. The zero-order valence-corrected chi connectivity index (χ0v) is 23.2. The molecule has 0 N–H and O–H groups in total. The molecule has 2 heterocycles. The number of alkyl halides is 3. The first-order valence-corrected chi connectivity index (χ1v) is 13.4. The number of rotatable bonds is 6. The Balaban J connectivity index is 1.50. The molecule has 6 nitrogen and oxygen atoms in total. The number of nitrogens with zero attached hydrogens (tertiary/aromatic N) is 4. The molecule has 2 atom stereocenters. The van der Waals surface area contributed by atoms with Crippen LogP contribution in [0.2, 0.25) is 10.0 Å². The number of likely N-dealkylation sites (tertiary alicyclic amines) is 1. The standard InChI is InChI=1S/C27H30Cl2F4N4O2/c1-17(38)36-9-7-35(8-10-36)16-26(39)37-14-20(19-4-6-22(28)23(29)12-19)25(15-37)34(2)13-18-3-5-21(24(30)11-18)27(31,32)33/h3-6,11-12,20,25H,7-10,13-16H2,1-2H3/t20-,25?/m1/s1. The van der Waals surface area contributed by atoms with Crippen molar-refractivity contribution in [2.45, 2.75) is 31.6 Å². The Morgan fingerprint density at radius 2 is 1.67 bits per heavy atom. The van der Waals surface area contributed by atoms with Crippen LogP contribution in [0.5, 0.6) is 0 Å². The average Bonchev–Trinajstić information content (AvgIpc) is 3.31. The molecular formula is C27H30Cl2F4N4O2. The van der Waals surface area contributed by atoms with Crippen LogP contribution in [0.3, 0.4) is 0 Å². The van der Waals surface area contributed by atoms with Gasteiger partial charge in [-0.3, -0.25) is 19.4 Å². The molecule has 2 aromatic carbocycles. The smallest absolute Gasteiger partial charge is 0.340 e. The van der Waals surface area contributed by atoms with Gasteiger partial charge in [-0.1, -0.05) is 35.3 Å². The summed E-state index contributed by atoms with van der Waals surface area (Å²) in [7, 11) is 1.81. The van der Waals surface area contributed by atoms with Crippen molar-refractivity contribution in [1.82, 2.24) is 19.6 Å². The van der Waals surface area contributed by atoms with Crippen molar-refractivity contribution in [2.75, 3.05) is 52.9 Å². The summed E-state index contributed by atoms with van der Waals surface area (Å²) in [6, 6.07) is 8.05. The van der Waals surface area contributed by atoms with Crippen LogP contribution in [0.1, 0.15) is 29.5 Å². The van der Waals surface area contributed by atoms with Crippen molar-refractivity contribution in [2.24, 2.45) is 0 Å². The van der Waals surface area contributed by atoms with E-state index < -0.39 is 17.6 Å². The lowest BCUT2D eigenvalue weighted by Gasteiger charge is -2.34. The minimum absolute atomic E-state index is 0.0174. The fourth-order valence-electron chi connectivity index (χ4n) is 5.31. The molecule has 2 aliphatic heterocycles. The molecule has 212 valence electrons. The number of benzene rings is 2. The number of hydrogen-bond acceptors (Lipinski definition) is 4. The van der Waals surface area contributed by atoms with Gasteiger partial charge >= 0.3 is 6.18 Å². The first-order valence-electron chi connectivity index (χ1n) is 12.6. The monoisotopic (exact) mass is 588 g/mol. The van der Waals surface area contributed by atoms with Gasteiger partial charge in [0.1, 0.15) is 5.82 Å². The summed E-state index contributed by atoms with van der Waals surface area (Å²) in [6.07, 6.45) is -4.77. The third kappa shape index (κ3) is 7.03. The number of piperazine rings is 1. The van der Waals surface area contributed by atoms with E-state index in [0.29, 0.717) is 54.9 Å². The predicted octanol–water partition coefficient (Wildman–Crippen LogP) is 4.74.